The average molecular weight is 469 g/mol. The largest absolute Gasteiger partial charge is 0.466 e. The third-order valence-electron chi connectivity index (χ3n) is 6.00. The van der Waals surface area contributed by atoms with Gasteiger partial charge < -0.3 is 14.2 Å². The molecule has 33 heavy (non-hydrogen) atoms. The highest BCUT2D eigenvalue weighted by atomic mass is 16.6. The topological polar surface area (TPSA) is 78.9 Å². The molecule has 0 atom stereocenters. The van der Waals surface area contributed by atoms with Gasteiger partial charge in [0.05, 0.1) is 14.2 Å². The fourth-order valence-corrected chi connectivity index (χ4v) is 3.96. The number of methoxy groups -OCH3 is 2. The molecule has 0 aliphatic heterocycles. The first-order valence-corrected chi connectivity index (χ1v) is 13.0. The molecular weight excluding hydrogens is 420 g/mol. The summed E-state index contributed by atoms with van der Waals surface area (Å²) in [6.07, 6.45) is 20.2. The zero-order valence-electron chi connectivity index (χ0n) is 21.5. The zero-order valence-corrected chi connectivity index (χ0v) is 21.5. The molecule has 192 valence electrons. The van der Waals surface area contributed by atoms with Gasteiger partial charge in [0.1, 0.15) is 0 Å². The minimum Gasteiger partial charge on any atom is -0.466 e. The van der Waals surface area contributed by atoms with Gasteiger partial charge in [-0.05, 0) is 12.8 Å². The molecule has 0 aromatic heterocycles. The molecule has 0 aromatic rings. The van der Waals surface area contributed by atoms with Crippen LogP contribution < -0.4 is 0 Å². The molecule has 0 amide bonds. The second-order valence-electron chi connectivity index (χ2n) is 8.81. The van der Waals surface area contributed by atoms with Crippen molar-refractivity contribution in [2.75, 3.05) is 14.2 Å². The predicted molar refractivity (Wildman–Crippen MR) is 132 cm³/mol. The van der Waals surface area contributed by atoms with Gasteiger partial charge in [0, 0.05) is 12.8 Å². The summed E-state index contributed by atoms with van der Waals surface area (Å²) in [4.78, 5) is 36.9. The summed E-state index contributed by atoms with van der Waals surface area (Å²) in [5.74, 6) is -2.44. The van der Waals surface area contributed by atoms with Gasteiger partial charge in [0.15, 0.2) is 0 Å². The molecule has 0 aliphatic carbocycles. The monoisotopic (exact) mass is 468 g/mol. The van der Waals surface area contributed by atoms with E-state index in [0.717, 1.165) is 19.3 Å². The van der Waals surface area contributed by atoms with E-state index in [1.54, 1.807) is 6.08 Å². The summed E-state index contributed by atoms with van der Waals surface area (Å²) >= 11 is 0. The fourth-order valence-electron chi connectivity index (χ4n) is 3.96. The molecule has 0 rings (SSSR count). The number of esters is 3. The lowest BCUT2D eigenvalue weighted by molar-refractivity contribution is -0.195. The number of carbonyl (C=O) groups excluding carboxylic acids is 3. The molecule has 0 spiro atoms. The normalized spacial score (nSPS) is 11.1. The molecule has 0 aliphatic rings. The second kappa shape index (κ2) is 20.7. The van der Waals surface area contributed by atoms with E-state index in [1.807, 2.05) is 0 Å². The van der Waals surface area contributed by atoms with Gasteiger partial charge in [-0.15, -0.1) is 6.58 Å². The third kappa shape index (κ3) is 14.1. The van der Waals surface area contributed by atoms with Crippen molar-refractivity contribution in [1.29, 1.82) is 0 Å². The number of carbonyl (C=O) groups is 3. The summed E-state index contributed by atoms with van der Waals surface area (Å²) in [5, 5.41) is 0. The maximum absolute atomic E-state index is 12.4. The summed E-state index contributed by atoms with van der Waals surface area (Å²) < 4.78 is 14.9. The molecule has 6 nitrogen and oxygen atoms in total. The summed E-state index contributed by atoms with van der Waals surface area (Å²) in [6.45, 7) is 5.81. The van der Waals surface area contributed by atoms with Crippen molar-refractivity contribution in [3.8, 4) is 0 Å². The lowest BCUT2D eigenvalue weighted by Crippen LogP contribution is -2.51. The van der Waals surface area contributed by atoms with Gasteiger partial charge in [0.25, 0.3) is 0 Å². The van der Waals surface area contributed by atoms with Crippen LogP contribution in [0.4, 0.5) is 0 Å². The predicted octanol–water partition coefficient (Wildman–Crippen LogP) is 6.84. The third-order valence-corrected chi connectivity index (χ3v) is 6.00. The van der Waals surface area contributed by atoms with E-state index in [0.29, 0.717) is 12.8 Å². The van der Waals surface area contributed by atoms with E-state index in [9.17, 15) is 14.4 Å². The summed E-state index contributed by atoms with van der Waals surface area (Å²) in [5.41, 5.74) is -2.03. The highest BCUT2D eigenvalue weighted by Gasteiger charge is 2.52. The molecular formula is C27H48O6. The van der Waals surface area contributed by atoms with Crippen molar-refractivity contribution >= 4 is 17.9 Å². The minimum absolute atomic E-state index is 0.0398. The van der Waals surface area contributed by atoms with Gasteiger partial charge in [-0.3, -0.25) is 4.79 Å². The standard InChI is InChI=1S/C27H48O6/c1-5-7-9-10-11-12-13-14-15-16-17-18-19-20-21-23-27(25(29)31-3,26(30)32-4)33-24(28)22-8-6-2/h6H,2,5,7-23H2,1,3-4H3. The highest BCUT2D eigenvalue weighted by molar-refractivity contribution is 6.05. The molecule has 0 bridgehead atoms. The van der Waals surface area contributed by atoms with Crippen LogP contribution in [0.15, 0.2) is 12.7 Å². The quantitative estimate of drug-likeness (QED) is 0.0569. The summed E-state index contributed by atoms with van der Waals surface area (Å²) in [6, 6.07) is 0. The van der Waals surface area contributed by atoms with E-state index < -0.39 is 23.5 Å². The maximum Gasteiger partial charge on any atom is 0.362 e. The SMILES string of the molecule is C=CCCC(=O)OC(CCCCCCCCCCCCCCCCC)(C(=O)OC)C(=O)OC. The molecule has 0 saturated carbocycles. The molecule has 0 heterocycles. The van der Waals surface area contributed by atoms with Crippen LogP contribution in [-0.2, 0) is 28.6 Å². The van der Waals surface area contributed by atoms with Gasteiger partial charge in [0.2, 0.25) is 0 Å². The highest BCUT2D eigenvalue weighted by Crippen LogP contribution is 2.25. The van der Waals surface area contributed by atoms with Gasteiger partial charge in [-0.1, -0.05) is 103 Å². The van der Waals surface area contributed by atoms with Crippen molar-refractivity contribution < 1.29 is 28.6 Å². The van der Waals surface area contributed by atoms with Crippen molar-refractivity contribution in [2.24, 2.45) is 0 Å². The van der Waals surface area contributed by atoms with Crippen molar-refractivity contribution in [3.05, 3.63) is 12.7 Å². The Morgan fingerprint density at radius 3 is 1.45 bits per heavy atom. The first-order valence-electron chi connectivity index (χ1n) is 13.0. The van der Waals surface area contributed by atoms with Crippen LogP contribution >= 0.6 is 0 Å². The van der Waals surface area contributed by atoms with E-state index in [-0.39, 0.29) is 12.8 Å². The molecule has 0 saturated heterocycles. The van der Waals surface area contributed by atoms with Crippen LogP contribution in [0.25, 0.3) is 0 Å². The van der Waals surface area contributed by atoms with Crippen molar-refractivity contribution in [2.45, 2.75) is 128 Å². The Morgan fingerprint density at radius 1 is 0.697 bits per heavy atom. The number of rotatable bonds is 22. The summed E-state index contributed by atoms with van der Waals surface area (Å²) in [7, 11) is 2.34. The molecule has 0 radical (unpaired) electrons. The lowest BCUT2D eigenvalue weighted by atomic mass is 9.94. The smallest absolute Gasteiger partial charge is 0.362 e. The second-order valence-corrected chi connectivity index (χ2v) is 8.81. The van der Waals surface area contributed by atoms with Crippen LogP contribution in [0.2, 0.25) is 0 Å². The Bertz CT molecular complexity index is 527. The Labute approximate surface area is 201 Å². The zero-order chi connectivity index (χ0) is 24.8. The first kappa shape index (κ1) is 31.1. The number of allylic oxidation sites excluding steroid dienone is 1. The lowest BCUT2D eigenvalue weighted by Gasteiger charge is -2.28. The Hall–Kier alpha value is -1.85. The minimum atomic E-state index is -2.03. The van der Waals surface area contributed by atoms with Crippen molar-refractivity contribution in [3.63, 3.8) is 0 Å². The molecule has 0 unspecified atom stereocenters. The van der Waals surface area contributed by atoms with Crippen LogP contribution in [0, 0.1) is 0 Å². The Morgan fingerprint density at radius 2 is 1.09 bits per heavy atom. The Balaban J connectivity index is 4.19. The number of ether oxygens (including phenoxy) is 3. The van der Waals surface area contributed by atoms with E-state index in [1.165, 1.54) is 84.8 Å². The number of hydrogen-bond acceptors (Lipinski definition) is 6. The van der Waals surface area contributed by atoms with Crippen LogP contribution in [0.5, 0.6) is 0 Å². The van der Waals surface area contributed by atoms with E-state index >= 15 is 0 Å². The first-order chi connectivity index (χ1) is 16.0. The van der Waals surface area contributed by atoms with Gasteiger partial charge in [-0.2, -0.15) is 0 Å². The number of hydrogen-bond donors (Lipinski definition) is 0. The molecule has 0 aromatic carbocycles. The van der Waals surface area contributed by atoms with Gasteiger partial charge in [-0.25, -0.2) is 9.59 Å². The maximum atomic E-state index is 12.4. The van der Waals surface area contributed by atoms with Crippen LogP contribution in [0.1, 0.15) is 122 Å². The molecule has 0 fully saturated rings. The molecule has 0 N–H and O–H groups in total. The van der Waals surface area contributed by atoms with Crippen LogP contribution in [-0.4, -0.2) is 37.7 Å². The van der Waals surface area contributed by atoms with Crippen molar-refractivity contribution in [1.82, 2.24) is 0 Å². The fraction of sp³-hybridized carbons (Fsp3) is 0.815. The molecule has 6 heteroatoms. The Kier molecular flexibility index (Phi) is 19.6. The number of unbranched alkanes of at least 4 members (excludes halogenated alkanes) is 14. The van der Waals surface area contributed by atoms with Crippen LogP contribution in [0.3, 0.4) is 0 Å². The van der Waals surface area contributed by atoms with E-state index in [2.05, 4.69) is 13.5 Å². The van der Waals surface area contributed by atoms with Gasteiger partial charge >= 0.3 is 23.5 Å². The average Bonchev–Trinajstić information content (AvgIpc) is 2.83. The van der Waals surface area contributed by atoms with E-state index in [4.69, 9.17) is 14.2 Å².